The van der Waals surface area contributed by atoms with E-state index in [2.05, 4.69) is 9.72 Å². The molecule has 1 heterocycles. The molecule has 98 valence electrons. The third-order valence-corrected chi connectivity index (χ3v) is 2.12. The molecule has 0 spiro atoms. The Morgan fingerprint density at radius 3 is 2.47 bits per heavy atom. The Bertz CT molecular complexity index is 605. The normalized spacial score (nSPS) is 11.3. The lowest BCUT2D eigenvalue weighted by atomic mass is 9.99. The van der Waals surface area contributed by atoms with Crippen LogP contribution in [0.5, 0.6) is 0 Å². The van der Waals surface area contributed by atoms with Crippen LogP contribution in [-0.4, -0.2) is 17.6 Å². The Hall–Kier alpha value is -2.61. The van der Waals surface area contributed by atoms with Crippen molar-refractivity contribution in [3.8, 4) is 12.1 Å². The number of aromatic nitrogens is 1. The Kier molecular flexibility index (Phi) is 4.43. The van der Waals surface area contributed by atoms with Crippen molar-refractivity contribution in [1.82, 2.24) is 4.98 Å². The molecule has 1 aromatic heterocycles. The zero-order chi connectivity index (χ0) is 14.6. The average molecular weight is 269 g/mol. The molecule has 0 aliphatic rings. The van der Waals surface area contributed by atoms with Gasteiger partial charge in [-0.3, -0.25) is 4.79 Å². The Morgan fingerprint density at radius 2 is 2.00 bits per heavy atom. The van der Waals surface area contributed by atoms with Crippen molar-refractivity contribution in [3.05, 3.63) is 28.8 Å². The summed E-state index contributed by atoms with van der Waals surface area (Å²) in [5.41, 5.74) is -2.22. The minimum Gasteiger partial charge on any atom is -0.465 e. The first-order chi connectivity index (χ1) is 8.97. The monoisotopic (exact) mass is 269 g/mol. The van der Waals surface area contributed by atoms with Crippen LogP contribution in [0.1, 0.15) is 24.1 Å². The molecule has 5 nitrogen and oxygen atoms in total. The Balaban J connectivity index is 3.49. The topological polar surface area (TPSA) is 86.8 Å². The predicted octanol–water partition coefficient (Wildman–Crippen LogP) is 1.54. The van der Waals surface area contributed by atoms with Gasteiger partial charge in [-0.2, -0.15) is 14.9 Å². The van der Waals surface area contributed by atoms with Crippen molar-refractivity contribution in [2.45, 2.75) is 12.8 Å². The molecule has 0 amide bonds. The summed E-state index contributed by atoms with van der Waals surface area (Å²) in [6.07, 6.45) is 0. The van der Waals surface area contributed by atoms with E-state index in [0.29, 0.717) is 0 Å². The van der Waals surface area contributed by atoms with E-state index in [1.165, 1.54) is 19.1 Å². The van der Waals surface area contributed by atoms with E-state index in [0.717, 1.165) is 0 Å². The molecule has 0 saturated heterocycles. The lowest BCUT2D eigenvalue weighted by molar-refractivity contribution is -0.143. The number of rotatable bonds is 3. The third kappa shape index (κ3) is 2.63. The Morgan fingerprint density at radius 1 is 1.37 bits per heavy atom. The van der Waals surface area contributed by atoms with Crippen LogP contribution in [0.25, 0.3) is 0 Å². The molecule has 0 bridgehead atoms. The minimum absolute atomic E-state index is 0.126. The fourth-order valence-corrected chi connectivity index (χ4v) is 1.32. The summed E-state index contributed by atoms with van der Waals surface area (Å²) in [7, 11) is 0. The molecule has 0 aliphatic heterocycles. The van der Waals surface area contributed by atoms with Gasteiger partial charge in [0, 0.05) is 0 Å². The van der Waals surface area contributed by atoms with E-state index in [1.54, 1.807) is 0 Å². The van der Waals surface area contributed by atoms with E-state index in [1.807, 2.05) is 0 Å². The zero-order valence-electron chi connectivity index (χ0n) is 9.58. The number of hydrogen-bond acceptors (Lipinski definition) is 5. The van der Waals surface area contributed by atoms with E-state index >= 15 is 0 Å². The maximum atomic E-state index is 13.7. The smallest absolute Gasteiger partial charge is 0.328 e. The van der Waals surface area contributed by atoms with Crippen LogP contribution in [0.3, 0.4) is 0 Å². The summed E-state index contributed by atoms with van der Waals surface area (Å²) in [6.45, 7) is 1.30. The van der Waals surface area contributed by atoms with Gasteiger partial charge in [0.1, 0.15) is 6.07 Å². The third-order valence-electron chi connectivity index (χ3n) is 2.12. The van der Waals surface area contributed by atoms with Crippen LogP contribution < -0.4 is 0 Å². The number of esters is 1. The first-order valence-electron chi connectivity index (χ1n) is 4.98. The number of ether oxygens (including phenoxy) is 1. The lowest BCUT2D eigenvalue weighted by Gasteiger charge is -2.11. The second-order valence-corrected chi connectivity index (χ2v) is 3.22. The summed E-state index contributed by atoms with van der Waals surface area (Å²) in [4.78, 5) is 14.1. The van der Waals surface area contributed by atoms with Crippen molar-refractivity contribution < 1.29 is 22.7 Å². The minimum atomic E-state index is -2.01. The van der Waals surface area contributed by atoms with Gasteiger partial charge in [0.05, 0.1) is 18.2 Å². The number of halogens is 3. The molecule has 19 heavy (non-hydrogen) atoms. The maximum Gasteiger partial charge on any atom is 0.328 e. The molecule has 0 saturated carbocycles. The second kappa shape index (κ2) is 5.83. The largest absolute Gasteiger partial charge is 0.465 e. The van der Waals surface area contributed by atoms with E-state index in [-0.39, 0.29) is 6.61 Å². The highest BCUT2D eigenvalue weighted by Crippen LogP contribution is 2.26. The van der Waals surface area contributed by atoms with E-state index in [9.17, 15) is 18.0 Å². The van der Waals surface area contributed by atoms with Gasteiger partial charge in [-0.25, -0.2) is 13.8 Å². The molecule has 1 rings (SSSR count). The highest BCUT2D eigenvalue weighted by molar-refractivity contribution is 5.81. The molecule has 0 fully saturated rings. The van der Waals surface area contributed by atoms with Crippen LogP contribution in [0.15, 0.2) is 0 Å². The molecular formula is C11H6F3N3O2. The summed E-state index contributed by atoms with van der Waals surface area (Å²) in [5, 5.41) is 17.3. The summed E-state index contributed by atoms with van der Waals surface area (Å²) in [5.74, 6) is -8.36. The van der Waals surface area contributed by atoms with Crippen molar-refractivity contribution in [1.29, 1.82) is 10.5 Å². The van der Waals surface area contributed by atoms with Gasteiger partial charge >= 0.3 is 5.97 Å². The first-order valence-corrected chi connectivity index (χ1v) is 4.98. The van der Waals surface area contributed by atoms with Gasteiger partial charge in [-0.1, -0.05) is 0 Å². The summed E-state index contributed by atoms with van der Waals surface area (Å²) in [6, 6.07) is 2.50. The van der Waals surface area contributed by atoms with Gasteiger partial charge < -0.3 is 4.74 Å². The predicted molar refractivity (Wildman–Crippen MR) is 53.8 cm³/mol. The summed E-state index contributed by atoms with van der Waals surface area (Å²) < 4.78 is 44.7. The fourth-order valence-electron chi connectivity index (χ4n) is 1.32. The quantitative estimate of drug-likeness (QED) is 0.613. The fraction of sp³-hybridized carbons (Fsp3) is 0.273. The van der Waals surface area contributed by atoms with Gasteiger partial charge in [0.2, 0.25) is 0 Å². The van der Waals surface area contributed by atoms with Crippen LogP contribution in [0.4, 0.5) is 13.2 Å². The van der Waals surface area contributed by atoms with Gasteiger partial charge in [0.15, 0.2) is 23.2 Å². The standard InChI is InChI=1S/C11H6F3N3O2/c1-2-19-11(18)5(3-15)7-8(12)6(4-16)17-10(14)9(7)13/h5H,2H2,1H3. The van der Waals surface area contributed by atoms with Crippen molar-refractivity contribution in [2.24, 2.45) is 0 Å². The molecule has 0 aromatic carbocycles. The van der Waals surface area contributed by atoms with Gasteiger partial charge in [-0.05, 0) is 6.92 Å². The van der Waals surface area contributed by atoms with E-state index in [4.69, 9.17) is 10.5 Å². The van der Waals surface area contributed by atoms with Crippen LogP contribution in [0, 0.1) is 40.2 Å². The highest BCUT2D eigenvalue weighted by atomic mass is 19.2. The van der Waals surface area contributed by atoms with Gasteiger partial charge in [-0.15, -0.1) is 0 Å². The number of hydrogen-bond donors (Lipinski definition) is 0. The lowest BCUT2D eigenvalue weighted by Crippen LogP contribution is -2.19. The van der Waals surface area contributed by atoms with E-state index < -0.39 is 40.7 Å². The zero-order valence-corrected chi connectivity index (χ0v) is 9.58. The number of nitriles is 2. The highest BCUT2D eigenvalue weighted by Gasteiger charge is 2.32. The number of pyridine rings is 1. The van der Waals surface area contributed by atoms with Crippen molar-refractivity contribution >= 4 is 5.97 Å². The van der Waals surface area contributed by atoms with Crippen molar-refractivity contribution in [2.75, 3.05) is 6.61 Å². The first kappa shape index (κ1) is 14.5. The van der Waals surface area contributed by atoms with Crippen molar-refractivity contribution in [3.63, 3.8) is 0 Å². The van der Waals surface area contributed by atoms with Crippen LogP contribution in [0.2, 0.25) is 0 Å². The average Bonchev–Trinajstić information content (AvgIpc) is 2.39. The maximum absolute atomic E-state index is 13.7. The number of carbonyl (C=O) groups excluding carboxylic acids is 1. The molecule has 1 aromatic rings. The SMILES string of the molecule is CCOC(=O)C(C#N)c1c(F)c(F)nc(C#N)c1F. The molecule has 1 atom stereocenters. The molecular weight excluding hydrogens is 263 g/mol. The number of carbonyl (C=O) groups is 1. The molecule has 0 aliphatic carbocycles. The molecule has 8 heteroatoms. The molecule has 1 unspecified atom stereocenters. The molecule has 0 radical (unpaired) electrons. The Labute approximate surface area is 105 Å². The summed E-state index contributed by atoms with van der Waals surface area (Å²) >= 11 is 0. The van der Waals surface area contributed by atoms with Gasteiger partial charge in [0.25, 0.3) is 5.95 Å². The van der Waals surface area contributed by atoms with Crippen LogP contribution in [-0.2, 0) is 9.53 Å². The van der Waals surface area contributed by atoms with Crippen LogP contribution >= 0.6 is 0 Å². The molecule has 0 N–H and O–H groups in total. The second-order valence-electron chi connectivity index (χ2n) is 3.22. The number of nitrogens with zero attached hydrogens (tertiary/aromatic N) is 3.